The molecule has 200 valence electrons. The number of phenolic OH excluding ortho intramolecular Hbond substituents is 4. The third-order valence-electron chi connectivity index (χ3n) is 7.56. The van der Waals surface area contributed by atoms with Crippen molar-refractivity contribution < 1.29 is 20.4 Å². The standard InChI is InChI=1S/2C17H20O2/c1-10-5-7-14(12(3)16(10)18)9-15-8-6-11(2)17(19)13(15)4;1-10-5-6-15(13(4)17(10)19)9-14-7-11(2)16(18)12(3)8-14/h2*5-8,18-19H,9H2,1-4H3. The van der Waals surface area contributed by atoms with Gasteiger partial charge < -0.3 is 20.4 Å². The van der Waals surface area contributed by atoms with Crippen molar-refractivity contribution in [3.63, 3.8) is 0 Å². The van der Waals surface area contributed by atoms with Crippen molar-refractivity contribution in [1.82, 2.24) is 0 Å². The van der Waals surface area contributed by atoms with Crippen LogP contribution in [0.1, 0.15) is 66.8 Å². The van der Waals surface area contributed by atoms with Crippen LogP contribution in [0, 0.1) is 55.4 Å². The van der Waals surface area contributed by atoms with Gasteiger partial charge in [-0.2, -0.15) is 0 Å². The molecule has 0 aliphatic heterocycles. The number of hydrogen-bond donors (Lipinski definition) is 4. The highest BCUT2D eigenvalue weighted by Crippen LogP contribution is 2.31. The van der Waals surface area contributed by atoms with Crippen LogP contribution in [0.5, 0.6) is 23.0 Å². The van der Waals surface area contributed by atoms with Gasteiger partial charge >= 0.3 is 0 Å². The number of phenols is 4. The lowest BCUT2D eigenvalue weighted by Gasteiger charge is -2.13. The Labute approximate surface area is 226 Å². The van der Waals surface area contributed by atoms with Crippen molar-refractivity contribution in [2.45, 2.75) is 68.2 Å². The molecule has 0 atom stereocenters. The van der Waals surface area contributed by atoms with E-state index >= 15 is 0 Å². The van der Waals surface area contributed by atoms with Crippen LogP contribution in [0.25, 0.3) is 0 Å². The van der Waals surface area contributed by atoms with Crippen molar-refractivity contribution in [2.75, 3.05) is 0 Å². The van der Waals surface area contributed by atoms with E-state index in [1.165, 1.54) is 0 Å². The van der Waals surface area contributed by atoms with Crippen LogP contribution in [0.15, 0.2) is 48.5 Å². The molecule has 38 heavy (non-hydrogen) atoms. The van der Waals surface area contributed by atoms with Gasteiger partial charge in [-0.15, -0.1) is 0 Å². The van der Waals surface area contributed by atoms with E-state index in [0.717, 1.165) is 79.6 Å². The number of aromatic hydroxyl groups is 4. The van der Waals surface area contributed by atoms with Gasteiger partial charge in [0.1, 0.15) is 23.0 Å². The van der Waals surface area contributed by atoms with E-state index in [-0.39, 0.29) is 0 Å². The molecule has 0 heterocycles. The van der Waals surface area contributed by atoms with Crippen LogP contribution < -0.4 is 0 Å². The number of rotatable bonds is 4. The van der Waals surface area contributed by atoms with Crippen LogP contribution in [-0.4, -0.2) is 20.4 Å². The monoisotopic (exact) mass is 512 g/mol. The highest BCUT2D eigenvalue weighted by atomic mass is 16.3. The van der Waals surface area contributed by atoms with E-state index in [1.807, 2.05) is 97.9 Å². The molecule has 0 fully saturated rings. The molecule has 4 N–H and O–H groups in total. The van der Waals surface area contributed by atoms with E-state index in [1.54, 1.807) is 0 Å². The molecule has 0 unspecified atom stereocenters. The van der Waals surface area contributed by atoms with Crippen molar-refractivity contribution >= 4 is 0 Å². The Balaban J connectivity index is 0.000000211. The SMILES string of the molecule is Cc1cc(Cc2ccc(C)c(O)c2C)cc(C)c1O.Cc1ccc(Cc2ccc(C)c(O)c2C)c(C)c1O. The molecule has 0 radical (unpaired) electrons. The summed E-state index contributed by atoms with van der Waals surface area (Å²) < 4.78 is 0. The van der Waals surface area contributed by atoms with Gasteiger partial charge in [-0.05, 0) is 135 Å². The van der Waals surface area contributed by atoms with E-state index in [9.17, 15) is 20.4 Å². The average Bonchev–Trinajstić information content (AvgIpc) is 2.88. The van der Waals surface area contributed by atoms with Gasteiger partial charge in [0, 0.05) is 0 Å². The van der Waals surface area contributed by atoms with Gasteiger partial charge in [0.15, 0.2) is 0 Å². The first-order valence-corrected chi connectivity index (χ1v) is 12.9. The summed E-state index contributed by atoms with van der Waals surface area (Å²) in [6.45, 7) is 15.3. The molecule has 4 aromatic carbocycles. The molecule has 0 bridgehead atoms. The first kappa shape index (κ1) is 28.6. The molecular formula is C34H40O4. The molecule has 4 heteroatoms. The highest BCUT2D eigenvalue weighted by molar-refractivity contribution is 5.50. The second-order valence-corrected chi connectivity index (χ2v) is 10.5. The maximum absolute atomic E-state index is 9.98. The Morgan fingerprint density at radius 2 is 0.711 bits per heavy atom. The lowest BCUT2D eigenvalue weighted by atomic mass is 9.94. The summed E-state index contributed by atoms with van der Waals surface area (Å²) in [5.41, 5.74) is 11.7. The molecule has 0 amide bonds. The first-order valence-electron chi connectivity index (χ1n) is 12.9. The Bertz CT molecular complexity index is 1400. The van der Waals surface area contributed by atoms with Gasteiger partial charge in [-0.25, -0.2) is 0 Å². The van der Waals surface area contributed by atoms with E-state index in [2.05, 4.69) is 6.07 Å². The lowest BCUT2D eigenvalue weighted by molar-refractivity contribution is 0.465. The minimum Gasteiger partial charge on any atom is -0.507 e. The van der Waals surface area contributed by atoms with E-state index < -0.39 is 0 Å². The Kier molecular flexibility index (Phi) is 8.78. The molecule has 4 rings (SSSR count). The molecule has 0 saturated heterocycles. The highest BCUT2D eigenvalue weighted by Gasteiger charge is 2.11. The number of benzene rings is 4. The van der Waals surface area contributed by atoms with Crippen LogP contribution in [0.4, 0.5) is 0 Å². The van der Waals surface area contributed by atoms with Crippen molar-refractivity contribution in [2.24, 2.45) is 0 Å². The smallest absolute Gasteiger partial charge is 0.121 e. The number of hydrogen-bond acceptors (Lipinski definition) is 4. The summed E-state index contributed by atoms with van der Waals surface area (Å²) in [6.07, 6.45) is 1.49. The van der Waals surface area contributed by atoms with Crippen LogP contribution in [0.2, 0.25) is 0 Å². The summed E-state index contributed by atoms with van der Waals surface area (Å²) in [4.78, 5) is 0. The minimum absolute atomic E-state index is 0.367. The first-order chi connectivity index (χ1) is 17.8. The summed E-state index contributed by atoms with van der Waals surface area (Å²) in [6, 6.07) is 15.9. The molecule has 0 spiro atoms. The van der Waals surface area contributed by atoms with Gasteiger partial charge in [-0.3, -0.25) is 0 Å². The van der Waals surface area contributed by atoms with Gasteiger partial charge in [-0.1, -0.05) is 48.5 Å². The van der Waals surface area contributed by atoms with E-state index in [0.29, 0.717) is 23.0 Å². The fourth-order valence-electron chi connectivity index (χ4n) is 4.78. The largest absolute Gasteiger partial charge is 0.507 e. The molecule has 4 nitrogen and oxygen atoms in total. The van der Waals surface area contributed by atoms with Crippen molar-refractivity contribution in [3.05, 3.63) is 115 Å². The predicted octanol–water partition coefficient (Wildman–Crippen LogP) is 7.84. The predicted molar refractivity (Wildman–Crippen MR) is 156 cm³/mol. The maximum atomic E-state index is 9.98. The zero-order valence-electron chi connectivity index (χ0n) is 23.8. The van der Waals surface area contributed by atoms with Crippen LogP contribution in [0.3, 0.4) is 0 Å². The molecule has 0 aromatic heterocycles. The third kappa shape index (κ3) is 6.13. The molecule has 0 saturated carbocycles. The Morgan fingerprint density at radius 1 is 0.395 bits per heavy atom. The van der Waals surface area contributed by atoms with Crippen LogP contribution in [-0.2, 0) is 12.8 Å². The molecule has 4 aromatic rings. The maximum Gasteiger partial charge on any atom is 0.121 e. The molecular weight excluding hydrogens is 472 g/mol. The second kappa shape index (κ2) is 11.6. The number of aryl methyl sites for hydroxylation is 5. The van der Waals surface area contributed by atoms with Crippen molar-refractivity contribution in [1.29, 1.82) is 0 Å². The average molecular weight is 513 g/mol. The van der Waals surface area contributed by atoms with Gasteiger partial charge in [0.2, 0.25) is 0 Å². The fraction of sp³-hybridized carbons (Fsp3) is 0.294. The quantitative estimate of drug-likeness (QED) is 0.224. The van der Waals surface area contributed by atoms with Gasteiger partial charge in [0.05, 0.1) is 0 Å². The summed E-state index contributed by atoms with van der Waals surface area (Å²) >= 11 is 0. The molecule has 0 aliphatic rings. The van der Waals surface area contributed by atoms with Crippen molar-refractivity contribution in [3.8, 4) is 23.0 Å². The summed E-state index contributed by atoms with van der Waals surface area (Å²) in [5.74, 6) is 1.48. The second-order valence-electron chi connectivity index (χ2n) is 10.5. The third-order valence-corrected chi connectivity index (χ3v) is 7.56. The minimum atomic E-state index is 0.367. The zero-order chi connectivity index (χ0) is 28.3. The topological polar surface area (TPSA) is 80.9 Å². The van der Waals surface area contributed by atoms with E-state index in [4.69, 9.17) is 0 Å². The van der Waals surface area contributed by atoms with Crippen LogP contribution >= 0.6 is 0 Å². The summed E-state index contributed by atoms with van der Waals surface area (Å²) in [7, 11) is 0. The van der Waals surface area contributed by atoms with Gasteiger partial charge in [0.25, 0.3) is 0 Å². The Morgan fingerprint density at radius 3 is 1.05 bits per heavy atom. The Hall–Kier alpha value is -3.92. The molecule has 0 aliphatic carbocycles. The lowest BCUT2D eigenvalue weighted by Crippen LogP contribution is -1.97. The zero-order valence-corrected chi connectivity index (χ0v) is 23.8. The normalized spacial score (nSPS) is 10.7. The summed E-state index contributed by atoms with van der Waals surface area (Å²) in [5, 5.41) is 39.7. The fourth-order valence-corrected chi connectivity index (χ4v) is 4.78.